The SMILES string of the molecule is CC(C)(C)OC(=O)N1CCC(NS(=O)(=O)c2ccc(N=C(N)CCl)cc2)CC1. The molecule has 1 fully saturated rings. The van der Waals surface area contributed by atoms with Gasteiger partial charge in [-0.15, -0.1) is 11.6 Å². The number of rotatable bonds is 5. The zero-order chi connectivity index (χ0) is 20.9. The van der Waals surface area contributed by atoms with Crippen LogP contribution < -0.4 is 10.5 Å². The second-order valence-corrected chi connectivity index (χ2v) is 9.57. The van der Waals surface area contributed by atoms with Crippen LogP contribution in [0.3, 0.4) is 0 Å². The summed E-state index contributed by atoms with van der Waals surface area (Å²) < 4.78 is 33.2. The lowest BCUT2D eigenvalue weighted by Crippen LogP contribution is -2.47. The number of carbonyl (C=O) groups is 1. The number of benzene rings is 1. The molecule has 0 spiro atoms. The molecule has 8 nitrogen and oxygen atoms in total. The third-order valence-corrected chi connectivity index (χ3v) is 5.84. The summed E-state index contributed by atoms with van der Waals surface area (Å²) in [6.07, 6.45) is 0.668. The number of likely N-dealkylation sites (tertiary alicyclic amines) is 1. The Kier molecular flexibility index (Phi) is 7.30. The highest BCUT2D eigenvalue weighted by atomic mass is 35.5. The fourth-order valence-electron chi connectivity index (χ4n) is 2.69. The van der Waals surface area contributed by atoms with Crippen LogP contribution in [0.1, 0.15) is 33.6 Å². The number of nitrogens with one attached hydrogen (secondary N) is 1. The Morgan fingerprint density at radius 1 is 1.29 bits per heavy atom. The first kappa shape index (κ1) is 22.4. The van der Waals surface area contributed by atoms with Crippen LogP contribution in [0, 0.1) is 0 Å². The number of nitrogens with two attached hydrogens (primary N) is 1. The fourth-order valence-corrected chi connectivity index (χ4v) is 4.05. The largest absolute Gasteiger partial charge is 0.444 e. The summed E-state index contributed by atoms with van der Waals surface area (Å²) in [6, 6.07) is 5.84. The Morgan fingerprint density at radius 2 is 1.86 bits per heavy atom. The van der Waals surface area contributed by atoms with Crippen LogP contribution >= 0.6 is 11.6 Å². The van der Waals surface area contributed by atoms with E-state index in [1.165, 1.54) is 12.1 Å². The third kappa shape index (κ3) is 6.65. The molecule has 1 amide bonds. The van der Waals surface area contributed by atoms with Crippen LogP contribution in [0.4, 0.5) is 10.5 Å². The maximum Gasteiger partial charge on any atom is 0.410 e. The number of alkyl halides is 1. The van der Waals surface area contributed by atoms with Crippen molar-refractivity contribution >= 4 is 39.2 Å². The standard InChI is InChI=1S/C18H27ClN4O4S/c1-18(2,3)27-17(24)23-10-8-14(9-11-23)22-28(25,26)15-6-4-13(5-7-15)21-16(20)12-19/h4-7,14,22H,8-12H2,1-3H3,(H2,20,21). The van der Waals surface area contributed by atoms with Gasteiger partial charge >= 0.3 is 6.09 Å². The molecule has 1 aliphatic rings. The summed E-state index contributed by atoms with van der Waals surface area (Å²) in [6.45, 7) is 6.31. The van der Waals surface area contributed by atoms with Crippen molar-refractivity contribution in [1.29, 1.82) is 0 Å². The smallest absolute Gasteiger partial charge is 0.410 e. The van der Waals surface area contributed by atoms with Crippen molar-refractivity contribution < 1.29 is 17.9 Å². The topological polar surface area (TPSA) is 114 Å². The molecular weight excluding hydrogens is 404 g/mol. The number of hydrogen-bond acceptors (Lipinski definition) is 5. The normalized spacial score (nSPS) is 16.9. The van der Waals surface area contributed by atoms with E-state index in [2.05, 4.69) is 9.71 Å². The van der Waals surface area contributed by atoms with E-state index in [0.29, 0.717) is 31.6 Å². The molecule has 0 unspecified atom stereocenters. The second kappa shape index (κ2) is 9.11. The minimum absolute atomic E-state index is 0.101. The number of amides is 1. The molecule has 1 heterocycles. The van der Waals surface area contributed by atoms with Crippen LogP contribution in [-0.2, 0) is 14.8 Å². The zero-order valence-corrected chi connectivity index (χ0v) is 17.9. The van der Waals surface area contributed by atoms with Crippen molar-refractivity contribution in [2.24, 2.45) is 10.7 Å². The summed E-state index contributed by atoms with van der Waals surface area (Å²) in [4.78, 5) is 17.9. The van der Waals surface area contributed by atoms with E-state index in [0.717, 1.165) is 0 Å². The summed E-state index contributed by atoms with van der Waals surface area (Å²) in [7, 11) is -3.67. The Bertz CT molecular complexity index is 811. The van der Waals surface area contributed by atoms with Crippen molar-refractivity contribution in [3.63, 3.8) is 0 Å². The van der Waals surface area contributed by atoms with Gasteiger partial charge in [-0.2, -0.15) is 0 Å². The van der Waals surface area contributed by atoms with Crippen molar-refractivity contribution in [2.45, 2.75) is 50.2 Å². The Labute approximate surface area is 171 Å². The number of aliphatic imine (C=N–C) groups is 1. The van der Waals surface area contributed by atoms with Gasteiger partial charge in [0.05, 0.1) is 16.5 Å². The van der Waals surface area contributed by atoms with Gasteiger partial charge in [0.1, 0.15) is 11.4 Å². The van der Waals surface area contributed by atoms with E-state index < -0.39 is 15.6 Å². The van der Waals surface area contributed by atoms with Gasteiger partial charge in [0.15, 0.2) is 0 Å². The number of amidine groups is 1. The molecule has 0 saturated carbocycles. The van der Waals surface area contributed by atoms with Gasteiger partial charge in [-0.1, -0.05) is 0 Å². The lowest BCUT2D eigenvalue weighted by molar-refractivity contribution is 0.0203. The molecule has 1 aromatic carbocycles. The minimum atomic E-state index is -3.67. The highest BCUT2D eigenvalue weighted by Crippen LogP contribution is 2.20. The number of piperidine rings is 1. The number of hydrogen-bond donors (Lipinski definition) is 2. The van der Waals surface area contributed by atoms with Gasteiger partial charge in [-0.3, -0.25) is 0 Å². The first-order valence-corrected chi connectivity index (χ1v) is 11.0. The lowest BCUT2D eigenvalue weighted by Gasteiger charge is -2.33. The second-order valence-electron chi connectivity index (χ2n) is 7.59. The molecule has 28 heavy (non-hydrogen) atoms. The van der Waals surface area contributed by atoms with E-state index in [1.54, 1.807) is 17.0 Å². The average molecular weight is 431 g/mol. The Balaban J connectivity index is 1.94. The summed E-state index contributed by atoms with van der Waals surface area (Å²) in [5.41, 5.74) is 5.54. The number of nitrogens with zero attached hydrogens (tertiary/aromatic N) is 2. The molecule has 1 aliphatic heterocycles. The van der Waals surface area contributed by atoms with Crippen molar-refractivity contribution in [1.82, 2.24) is 9.62 Å². The van der Waals surface area contributed by atoms with E-state index in [1.807, 2.05) is 20.8 Å². The maximum atomic E-state index is 12.6. The van der Waals surface area contributed by atoms with Gasteiger partial charge in [0, 0.05) is 19.1 Å². The monoisotopic (exact) mass is 430 g/mol. The molecule has 156 valence electrons. The summed E-state index contributed by atoms with van der Waals surface area (Å²) in [5, 5.41) is 0. The zero-order valence-electron chi connectivity index (χ0n) is 16.3. The predicted octanol–water partition coefficient (Wildman–Crippen LogP) is 2.59. The van der Waals surface area contributed by atoms with E-state index >= 15 is 0 Å². The van der Waals surface area contributed by atoms with E-state index in [9.17, 15) is 13.2 Å². The third-order valence-electron chi connectivity index (χ3n) is 4.03. The molecule has 3 N–H and O–H groups in total. The molecule has 1 aromatic rings. The maximum absolute atomic E-state index is 12.6. The van der Waals surface area contributed by atoms with Gasteiger partial charge in [0.25, 0.3) is 0 Å². The highest BCUT2D eigenvalue weighted by molar-refractivity contribution is 7.89. The van der Waals surface area contributed by atoms with Gasteiger partial charge in [-0.25, -0.2) is 22.9 Å². The Hall–Kier alpha value is -1.84. The molecule has 1 saturated heterocycles. The highest BCUT2D eigenvalue weighted by Gasteiger charge is 2.29. The van der Waals surface area contributed by atoms with Crippen molar-refractivity contribution in [2.75, 3.05) is 19.0 Å². The number of sulfonamides is 1. The molecular formula is C18H27ClN4O4S. The number of ether oxygens (including phenoxy) is 1. The fraction of sp³-hybridized carbons (Fsp3) is 0.556. The van der Waals surface area contributed by atoms with Gasteiger partial charge in [0.2, 0.25) is 10.0 Å². The van der Waals surface area contributed by atoms with Crippen LogP contribution in [0.15, 0.2) is 34.2 Å². The molecule has 2 rings (SSSR count). The molecule has 0 aromatic heterocycles. The quantitative estimate of drug-likeness (QED) is 0.423. The van der Waals surface area contributed by atoms with E-state index in [4.69, 9.17) is 22.1 Å². The van der Waals surface area contributed by atoms with Crippen molar-refractivity contribution in [3.05, 3.63) is 24.3 Å². The molecule has 0 atom stereocenters. The van der Waals surface area contributed by atoms with Crippen LogP contribution in [0.5, 0.6) is 0 Å². The molecule has 0 bridgehead atoms. The Morgan fingerprint density at radius 3 is 2.36 bits per heavy atom. The predicted molar refractivity (Wildman–Crippen MR) is 110 cm³/mol. The molecule has 0 radical (unpaired) electrons. The van der Waals surface area contributed by atoms with Gasteiger partial charge in [-0.05, 0) is 57.9 Å². The van der Waals surface area contributed by atoms with E-state index in [-0.39, 0.29) is 28.7 Å². The molecule has 10 heteroatoms. The number of halogens is 1. The van der Waals surface area contributed by atoms with Gasteiger partial charge < -0.3 is 15.4 Å². The minimum Gasteiger partial charge on any atom is -0.444 e. The van der Waals surface area contributed by atoms with Crippen LogP contribution in [0.25, 0.3) is 0 Å². The van der Waals surface area contributed by atoms with Crippen molar-refractivity contribution in [3.8, 4) is 0 Å². The van der Waals surface area contributed by atoms with Crippen LogP contribution in [0.2, 0.25) is 0 Å². The average Bonchev–Trinajstić information content (AvgIpc) is 2.61. The first-order chi connectivity index (χ1) is 13.0. The summed E-state index contributed by atoms with van der Waals surface area (Å²) >= 11 is 5.58. The van der Waals surface area contributed by atoms with Crippen LogP contribution in [-0.4, -0.2) is 55.9 Å². The first-order valence-electron chi connectivity index (χ1n) is 8.99. The number of carbonyl (C=O) groups excluding carboxylic acids is 1. The summed E-state index contributed by atoms with van der Waals surface area (Å²) in [5.74, 6) is 0.357. The molecule has 0 aliphatic carbocycles. The lowest BCUT2D eigenvalue weighted by atomic mass is 10.1.